The van der Waals surface area contributed by atoms with Crippen LogP contribution >= 0.6 is 0 Å². The van der Waals surface area contributed by atoms with E-state index in [1.807, 2.05) is 0 Å². The fourth-order valence-corrected chi connectivity index (χ4v) is 2.66. The highest BCUT2D eigenvalue weighted by atomic mass is 32.2. The lowest BCUT2D eigenvalue weighted by Gasteiger charge is -2.04. The van der Waals surface area contributed by atoms with E-state index in [9.17, 15) is 13.4 Å². The maximum Gasteiger partial charge on any atom is 0.175 e. The van der Waals surface area contributed by atoms with Crippen LogP contribution in [0.1, 0.15) is 10.4 Å². The average Bonchev–Trinajstić information content (AvgIpc) is 2.48. The number of Topliss-reactive ketones (excluding diaryl/α,β-unsaturated/α-hetero) is 1. The first-order chi connectivity index (χ1) is 9.60. The van der Waals surface area contributed by atoms with Crippen molar-refractivity contribution in [1.29, 1.82) is 0 Å². The highest BCUT2D eigenvalue weighted by Crippen LogP contribution is 2.15. The minimum absolute atomic E-state index is 0.127. The maximum atomic E-state index is 12.8. The number of carbonyl (C=O) groups excluding carboxylic acids is 1. The number of halogens is 1. The summed E-state index contributed by atoms with van der Waals surface area (Å²) in [5, 5.41) is 0. The van der Waals surface area contributed by atoms with Crippen molar-refractivity contribution < 1.29 is 18.1 Å². The molecular formula is C15H13FO3S. The standard InChI is InChI=1S/C15H13FO3S/c1-19-13-6-8-14(9-7-13)20(18)10-15(17)11-2-4-12(16)5-3-11/h2-9H,10H2,1H3. The molecule has 2 rings (SSSR count). The molecule has 0 aliphatic rings. The van der Waals surface area contributed by atoms with E-state index < -0.39 is 16.6 Å². The van der Waals surface area contributed by atoms with Crippen molar-refractivity contribution >= 4 is 16.6 Å². The molecule has 1 atom stereocenters. The Bertz CT molecular complexity index is 621. The van der Waals surface area contributed by atoms with E-state index >= 15 is 0 Å². The highest BCUT2D eigenvalue weighted by Gasteiger charge is 2.12. The van der Waals surface area contributed by atoms with E-state index in [2.05, 4.69) is 0 Å². The fraction of sp³-hybridized carbons (Fsp3) is 0.133. The van der Waals surface area contributed by atoms with Gasteiger partial charge in [0.15, 0.2) is 5.78 Å². The van der Waals surface area contributed by atoms with Crippen LogP contribution in [0, 0.1) is 5.82 Å². The molecule has 0 N–H and O–H groups in total. The smallest absolute Gasteiger partial charge is 0.175 e. The molecule has 0 aliphatic heterocycles. The number of rotatable bonds is 5. The molecule has 0 saturated carbocycles. The van der Waals surface area contributed by atoms with Crippen LogP contribution in [0.5, 0.6) is 5.75 Å². The molecule has 0 saturated heterocycles. The van der Waals surface area contributed by atoms with Gasteiger partial charge in [0.1, 0.15) is 11.6 Å². The zero-order chi connectivity index (χ0) is 14.5. The molecule has 0 aromatic heterocycles. The zero-order valence-corrected chi connectivity index (χ0v) is 11.7. The van der Waals surface area contributed by atoms with Gasteiger partial charge in [0, 0.05) is 10.5 Å². The Hall–Kier alpha value is -2.01. The third-order valence-electron chi connectivity index (χ3n) is 2.75. The van der Waals surface area contributed by atoms with Crippen LogP contribution < -0.4 is 4.74 Å². The van der Waals surface area contributed by atoms with Gasteiger partial charge in [-0.1, -0.05) is 0 Å². The van der Waals surface area contributed by atoms with Crippen molar-refractivity contribution in [3.05, 3.63) is 59.9 Å². The molecule has 5 heteroatoms. The van der Waals surface area contributed by atoms with E-state index in [0.717, 1.165) is 0 Å². The zero-order valence-electron chi connectivity index (χ0n) is 10.8. The number of hydrogen-bond donors (Lipinski definition) is 0. The molecular weight excluding hydrogens is 279 g/mol. The van der Waals surface area contributed by atoms with Gasteiger partial charge in [0.05, 0.1) is 23.7 Å². The summed E-state index contributed by atoms with van der Waals surface area (Å²) in [5.41, 5.74) is 0.355. The van der Waals surface area contributed by atoms with Crippen molar-refractivity contribution in [2.75, 3.05) is 12.9 Å². The second kappa shape index (κ2) is 6.43. The van der Waals surface area contributed by atoms with Gasteiger partial charge in [0.2, 0.25) is 0 Å². The molecule has 0 fully saturated rings. The second-order valence-corrected chi connectivity index (χ2v) is 5.55. The Morgan fingerprint density at radius 2 is 1.70 bits per heavy atom. The van der Waals surface area contributed by atoms with Crippen LogP contribution in [-0.2, 0) is 10.8 Å². The number of ketones is 1. The van der Waals surface area contributed by atoms with Gasteiger partial charge in [0.25, 0.3) is 0 Å². The van der Waals surface area contributed by atoms with Crippen LogP contribution in [-0.4, -0.2) is 22.9 Å². The third-order valence-corrected chi connectivity index (χ3v) is 4.07. The van der Waals surface area contributed by atoms with E-state index in [0.29, 0.717) is 16.2 Å². The van der Waals surface area contributed by atoms with Crippen LogP contribution in [0.15, 0.2) is 53.4 Å². The lowest BCUT2D eigenvalue weighted by molar-refractivity contribution is 0.102. The first kappa shape index (κ1) is 14.4. The minimum atomic E-state index is -1.43. The van der Waals surface area contributed by atoms with Crippen LogP contribution in [0.3, 0.4) is 0 Å². The molecule has 2 aromatic rings. The van der Waals surface area contributed by atoms with Crippen molar-refractivity contribution in [2.45, 2.75) is 4.90 Å². The Balaban J connectivity index is 2.06. The molecule has 0 amide bonds. The van der Waals surface area contributed by atoms with Gasteiger partial charge < -0.3 is 4.74 Å². The predicted octanol–water partition coefficient (Wildman–Crippen LogP) is 2.82. The Morgan fingerprint density at radius 3 is 2.25 bits per heavy atom. The number of ether oxygens (including phenoxy) is 1. The van der Waals surface area contributed by atoms with E-state index in [-0.39, 0.29) is 11.5 Å². The van der Waals surface area contributed by atoms with Crippen LogP contribution in [0.4, 0.5) is 4.39 Å². The molecule has 0 bridgehead atoms. The average molecular weight is 292 g/mol. The minimum Gasteiger partial charge on any atom is -0.497 e. The number of benzene rings is 2. The largest absolute Gasteiger partial charge is 0.497 e. The first-order valence-corrected chi connectivity index (χ1v) is 7.23. The Labute approximate surface area is 118 Å². The molecule has 20 heavy (non-hydrogen) atoms. The SMILES string of the molecule is COc1ccc(S(=O)CC(=O)c2ccc(F)cc2)cc1. The molecule has 0 radical (unpaired) electrons. The third kappa shape index (κ3) is 3.51. The fourth-order valence-electron chi connectivity index (χ4n) is 1.65. The van der Waals surface area contributed by atoms with Crippen LogP contribution in [0.2, 0.25) is 0 Å². The summed E-state index contributed by atoms with van der Waals surface area (Å²) in [6.45, 7) is 0. The van der Waals surface area contributed by atoms with Gasteiger partial charge in [-0.05, 0) is 48.5 Å². The second-order valence-electron chi connectivity index (χ2n) is 4.10. The topological polar surface area (TPSA) is 43.4 Å². The summed E-state index contributed by atoms with van der Waals surface area (Å²) >= 11 is 0. The van der Waals surface area contributed by atoms with Crippen molar-refractivity contribution in [3.8, 4) is 5.75 Å². The van der Waals surface area contributed by atoms with Crippen molar-refractivity contribution in [2.24, 2.45) is 0 Å². The number of carbonyl (C=O) groups is 1. The van der Waals surface area contributed by atoms with Crippen LogP contribution in [0.25, 0.3) is 0 Å². The van der Waals surface area contributed by atoms with Crippen molar-refractivity contribution in [3.63, 3.8) is 0 Å². The summed E-state index contributed by atoms with van der Waals surface area (Å²) < 4.78 is 29.8. The molecule has 0 spiro atoms. The van der Waals surface area contributed by atoms with Gasteiger partial charge in [-0.25, -0.2) is 4.39 Å². The van der Waals surface area contributed by atoms with E-state index in [4.69, 9.17) is 4.74 Å². The molecule has 0 heterocycles. The lowest BCUT2D eigenvalue weighted by Crippen LogP contribution is -2.11. The maximum absolute atomic E-state index is 12.8. The lowest BCUT2D eigenvalue weighted by atomic mass is 10.1. The van der Waals surface area contributed by atoms with E-state index in [1.54, 1.807) is 31.4 Å². The van der Waals surface area contributed by atoms with Gasteiger partial charge in [-0.15, -0.1) is 0 Å². The summed E-state index contributed by atoms with van der Waals surface area (Å²) in [5.74, 6) is -0.148. The summed E-state index contributed by atoms with van der Waals surface area (Å²) in [4.78, 5) is 12.5. The van der Waals surface area contributed by atoms with Crippen molar-refractivity contribution in [1.82, 2.24) is 0 Å². The Morgan fingerprint density at radius 1 is 1.10 bits per heavy atom. The summed E-state index contributed by atoms with van der Waals surface area (Å²) in [6, 6.07) is 11.9. The normalized spacial score (nSPS) is 11.9. The molecule has 104 valence electrons. The number of hydrogen-bond acceptors (Lipinski definition) is 3. The molecule has 1 unspecified atom stereocenters. The van der Waals surface area contributed by atoms with E-state index in [1.165, 1.54) is 24.3 Å². The van der Waals surface area contributed by atoms with Gasteiger partial charge >= 0.3 is 0 Å². The quantitative estimate of drug-likeness (QED) is 0.796. The van der Waals surface area contributed by atoms with Gasteiger partial charge in [-0.2, -0.15) is 0 Å². The molecule has 3 nitrogen and oxygen atoms in total. The Kier molecular flexibility index (Phi) is 4.63. The predicted molar refractivity (Wildman–Crippen MR) is 75.0 cm³/mol. The first-order valence-electron chi connectivity index (χ1n) is 5.91. The molecule has 2 aromatic carbocycles. The highest BCUT2D eigenvalue weighted by molar-refractivity contribution is 7.85. The van der Waals surface area contributed by atoms with Gasteiger partial charge in [-0.3, -0.25) is 9.00 Å². The number of methoxy groups -OCH3 is 1. The summed E-state index contributed by atoms with van der Waals surface area (Å²) in [6.07, 6.45) is 0. The molecule has 0 aliphatic carbocycles. The monoisotopic (exact) mass is 292 g/mol. The summed E-state index contributed by atoms with van der Waals surface area (Å²) in [7, 11) is 0.117.